The Kier molecular flexibility index (Phi) is 5.75. The van der Waals surface area contributed by atoms with Crippen LogP contribution in [-0.2, 0) is 11.3 Å². The third-order valence-electron chi connectivity index (χ3n) is 3.85. The van der Waals surface area contributed by atoms with Gasteiger partial charge >= 0.3 is 0 Å². The number of benzene rings is 1. The molecule has 0 fully saturated rings. The largest absolute Gasteiger partial charge is 0.484 e. The van der Waals surface area contributed by atoms with Crippen molar-refractivity contribution < 1.29 is 14.3 Å². The van der Waals surface area contributed by atoms with Gasteiger partial charge in [0.05, 0.1) is 12.2 Å². The van der Waals surface area contributed by atoms with E-state index in [0.29, 0.717) is 17.9 Å². The Morgan fingerprint density at radius 1 is 1.22 bits per heavy atom. The van der Waals surface area contributed by atoms with E-state index in [1.165, 1.54) is 4.90 Å². The minimum absolute atomic E-state index is 0.0745. The number of pyridine rings is 1. The molecule has 2 heterocycles. The second-order valence-corrected chi connectivity index (χ2v) is 7.05. The highest BCUT2D eigenvalue weighted by molar-refractivity contribution is 9.10. The van der Waals surface area contributed by atoms with Crippen LogP contribution in [-0.4, -0.2) is 46.8 Å². The summed E-state index contributed by atoms with van der Waals surface area (Å²) in [6.45, 7) is 0.233. The average molecular weight is 431 g/mol. The molecule has 140 valence electrons. The maximum absolute atomic E-state index is 12.4. The van der Waals surface area contributed by atoms with Crippen LogP contribution in [0.2, 0.25) is 0 Å². The van der Waals surface area contributed by atoms with E-state index in [0.717, 1.165) is 15.8 Å². The predicted octanol–water partition coefficient (Wildman–Crippen LogP) is 2.49. The van der Waals surface area contributed by atoms with Gasteiger partial charge in [0.1, 0.15) is 11.4 Å². The molecule has 0 aliphatic rings. The Labute approximate surface area is 165 Å². The van der Waals surface area contributed by atoms with E-state index in [4.69, 9.17) is 4.74 Å². The van der Waals surface area contributed by atoms with E-state index in [1.54, 1.807) is 38.4 Å². The van der Waals surface area contributed by atoms with E-state index in [-0.39, 0.29) is 18.4 Å². The molecule has 1 aromatic carbocycles. The third kappa shape index (κ3) is 4.85. The van der Waals surface area contributed by atoms with Gasteiger partial charge in [0, 0.05) is 36.5 Å². The number of carbonyl (C=O) groups excluding carboxylic acids is 2. The van der Waals surface area contributed by atoms with Crippen molar-refractivity contribution in [2.24, 2.45) is 0 Å². The number of aromatic nitrogens is 2. The van der Waals surface area contributed by atoms with Crippen LogP contribution in [0.15, 0.2) is 53.3 Å². The molecule has 0 spiro atoms. The molecule has 3 aromatic rings. The topological polar surface area (TPSA) is 75.9 Å². The number of nitrogens with one attached hydrogen (secondary N) is 1. The molecule has 0 aliphatic carbocycles. The number of fused-ring (bicyclic) bond motifs is 1. The molecule has 0 radical (unpaired) electrons. The quantitative estimate of drug-likeness (QED) is 0.651. The monoisotopic (exact) mass is 430 g/mol. The van der Waals surface area contributed by atoms with E-state index < -0.39 is 0 Å². The molecule has 0 aliphatic heterocycles. The van der Waals surface area contributed by atoms with Crippen molar-refractivity contribution in [3.8, 4) is 5.75 Å². The molecule has 7 nitrogen and oxygen atoms in total. The van der Waals surface area contributed by atoms with Crippen molar-refractivity contribution in [2.45, 2.75) is 6.54 Å². The van der Waals surface area contributed by atoms with Crippen molar-refractivity contribution in [3.05, 3.63) is 64.5 Å². The van der Waals surface area contributed by atoms with Gasteiger partial charge in [-0.1, -0.05) is 6.07 Å². The van der Waals surface area contributed by atoms with Gasteiger partial charge in [-0.3, -0.25) is 9.59 Å². The fourth-order valence-corrected chi connectivity index (χ4v) is 2.73. The lowest BCUT2D eigenvalue weighted by atomic mass is 10.2. The molecule has 2 aromatic heterocycles. The van der Waals surface area contributed by atoms with Crippen LogP contribution in [0, 0.1) is 0 Å². The molecule has 0 saturated heterocycles. The first kappa shape index (κ1) is 18.9. The summed E-state index contributed by atoms with van der Waals surface area (Å²) in [6.07, 6.45) is 3.77. The van der Waals surface area contributed by atoms with Crippen LogP contribution in [0.4, 0.5) is 0 Å². The summed E-state index contributed by atoms with van der Waals surface area (Å²) >= 11 is 3.42. The molecule has 27 heavy (non-hydrogen) atoms. The number of likely N-dealkylation sites (N-methyl/N-ethyl adjacent to an activating group) is 1. The highest BCUT2D eigenvalue weighted by atomic mass is 79.9. The van der Waals surface area contributed by atoms with Crippen molar-refractivity contribution in [1.82, 2.24) is 19.6 Å². The molecular weight excluding hydrogens is 412 g/mol. The summed E-state index contributed by atoms with van der Waals surface area (Å²) < 4.78 is 8.28. The van der Waals surface area contributed by atoms with Crippen LogP contribution in [0.25, 0.3) is 5.65 Å². The smallest absolute Gasteiger partial charge is 0.259 e. The number of hydrogen-bond acceptors (Lipinski definition) is 4. The predicted molar refractivity (Wildman–Crippen MR) is 105 cm³/mol. The standard InChI is InChI=1S/C19H19BrN4O3/c1-23(2)18(25)12-27-16-5-3-4-13(8-16)19(26)21-9-15-11-24-10-14(20)6-7-17(24)22-15/h3-8,10-11H,9,12H2,1-2H3,(H,21,26). The number of carbonyl (C=O) groups is 2. The van der Waals surface area contributed by atoms with Gasteiger partial charge in [-0.15, -0.1) is 0 Å². The van der Waals surface area contributed by atoms with Crippen LogP contribution in [0.3, 0.4) is 0 Å². The van der Waals surface area contributed by atoms with Crippen LogP contribution >= 0.6 is 15.9 Å². The molecule has 1 N–H and O–H groups in total. The molecule has 0 bridgehead atoms. The zero-order valence-electron chi connectivity index (χ0n) is 15.0. The van der Waals surface area contributed by atoms with Crippen molar-refractivity contribution in [1.29, 1.82) is 0 Å². The zero-order valence-corrected chi connectivity index (χ0v) is 16.6. The molecule has 8 heteroatoms. The number of halogens is 1. The van der Waals surface area contributed by atoms with E-state index in [1.807, 2.05) is 28.9 Å². The molecule has 0 atom stereocenters. The highest BCUT2D eigenvalue weighted by Crippen LogP contribution is 2.15. The number of ether oxygens (including phenoxy) is 1. The lowest BCUT2D eigenvalue weighted by molar-refractivity contribution is -0.130. The van der Waals surface area contributed by atoms with Gasteiger partial charge in [0.25, 0.3) is 11.8 Å². The molecule has 2 amide bonds. The van der Waals surface area contributed by atoms with Gasteiger partial charge in [0.2, 0.25) is 0 Å². The molecule has 0 saturated carbocycles. The third-order valence-corrected chi connectivity index (χ3v) is 4.32. The fourth-order valence-electron chi connectivity index (χ4n) is 2.38. The maximum Gasteiger partial charge on any atom is 0.259 e. The Morgan fingerprint density at radius 3 is 2.81 bits per heavy atom. The van der Waals surface area contributed by atoms with Crippen LogP contribution < -0.4 is 10.1 Å². The first-order chi connectivity index (χ1) is 12.9. The average Bonchev–Trinajstić information content (AvgIpc) is 3.06. The lowest BCUT2D eigenvalue weighted by Gasteiger charge is -2.12. The number of imidazole rings is 1. The van der Waals surface area contributed by atoms with Gasteiger partial charge in [0.15, 0.2) is 6.61 Å². The first-order valence-electron chi connectivity index (χ1n) is 8.27. The van der Waals surface area contributed by atoms with Crippen LogP contribution in [0.5, 0.6) is 5.75 Å². The van der Waals surface area contributed by atoms with Crippen LogP contribution in [0.1, 0.15) is 16.1 Å². The second kappa shape index (κ2) is 8.22. The van der Waals surface area contributed by atoms with E-state index >= 15 is 0 Å². The molecule has 3 rings (SSSR count). The summed E-state index contributed by atoms with van der Waals surface area (Å²) in [5.41, 5.74) is 2.02. The Bertz CT molecular complexity index is 984. The number of rotatable bonds is 6. The Morgan fingerprint density at radius 2 is 2.04 bits per heavy atom. The summed E-state index contributed by atoms with van der Waals surface area (Å²) in [4.78, 5) is 29.9. The van der Waals surface area contributed by atoms with Gasteiger partial charge < -0.3 is 19.4 Å². The summed E-state index contributed by atoms with van der Waals surface area (Å²) in [6, 6.07) is 10.5. The van der Waals surface area contributed by atoms with E-state index in [2.05, 4.69) is 26.2 Å². The second-order valence-electron chi connectivity index (χ2n) is 6.13. The zero-order chi connectivity index (χ0) is 19.4. The number of hydrogen-bond donors (Lipinski definition) is 1. The number of amides is 2. The maximum atomic E-state index is 12.4. The number of nitrogens with zero attached hydrogens (tertiary/aromatic N) is 3. The van der Waals surface area contributed by atoms with Gasteiger partial charge in [-0.05, 0) is 46.3 Å². The molecule has 0 unspecified atom stereocenters. The van der Waals surface area contributed by atoms with Gasteiger partial charge in [-0.2, -0.15) is 0 Å². The van der Waals surface area contributed by atoms with E-state index in [9.17, 15) is 9.59 Å². The van der Waals surface area contributed by atoms with Crippen molar-refractivity contribution in [3.63, 3.8) is 0 Å². The Hall–Kier alpha value is -2.87. The summed E-state index contributed by atoms with van der Waals surface area (Å²) in [7, 11) is 3.32. The minimum Gasteiger partial charge on any atom is -0.484 e. The van der Waals surface area contributed by atoms with Crippen molar-refractivity contribution in [2.75, 3.05) is 20.7 Å². The summed E-state index contributed by atoms with van der Waals surface area (Å²) in [5, 5.41) is 2.84. The fraction of sp³-hybridized carbons (Fsp3) is 0.211. The first-order valence-corrected chi connectivity index (χ1v) is 9.06. The lowest BCUT2D eigenvalue weighted by Crippen LogP contribution is -2.27. The van der Waals surface area contributed by atoms with Gasteiger partial charge in [-0.25, -0.2) is 4.98 Å². The Balaban J connectivity index is 1.61. The highest BCUT2D eigenvalue weighted by Gasteiger charge is 2.10. The summed E-state index contributed by atoms with van der Waals surface area (Å²) in [5.74, 6) is 0.0800. The minimum atomic E-state index is -0.238. The van der Waals surface area contributed by atoms with Crippen molar-refractivity contribution >= 4 is 33.4 Å². The molecular formula is C19H19BrN4O3. The SMILES string of the molecule is CN(C)C(=O)COc1cccc(C(=O)NCc2cn3cc(Br)ccc3n2)c1. The normalized spacial score (nSPS) is 10.6.